The van der Waals surface area contributed by atoms with E-state index in [0.717, 1.165) is 0 Å². The van der Waals surface area contributed by atoms with Crippen LogP contribution in [-0.2, 0) is 0 Å². The summed E-state index contributed by atoms with van der Waals surface area (Å²) in [5, 5.41) is 0. The molecule has 3 heteroatoms. The van der Waals surface area contributed by atoms with E-state index in [0.29, 0.717) is 6.17 Å². The van der Waals surface area contributed by atoms with Gasteiger partial charge in [0.2, 0.25) is 0 Å². The van der Waals surface area contributed by atoms with Crippen LogP contribution in [0.3, 0.4) is 0 Å². The Bertz CT molecular complexity index is 211. The first-order valence-electron chi connectivity index (χ1n) is 4.13. The molecular formula is C9H12N2S. The highest BCUT2D eigenvalue weighted by Gasteiger charge is 2.18. The van der Waals surface area contributed by atoms with Crippen LogP contribution in [-0.4, -0.2) is 16.8 Å². The van der Waals surface area contributed by atoms with Crippen LogP contribution in [0.5, 0.6) is 0 Å². The first kappa shape index (κ1) is 7.95. The third-order valence-electron chi connectivity index (χ3n) is 1.92. The van der Waals surface area contributed by atoms with Crippen molar-refractivity contribution in [2.75, 3.05) is 5.75 Å². The number of hydrogen-bond acceptors (Lipinski definition) is 3. The van der Waals surface area contributed by atoms with Crippen molar-refractivity contribution < 1.29 is 0 Å². The molecule has 2 nitrogen and oxygen atoms in total. The van der Waals surface area contributed by atoms with Crippen LogP contribution in [0.25, 0.3) is 0 Å². The SMILES string of the molecule is C1=CC=CN(C2CCSN2)C=C1. The fourth-order valence-corrected chi connectivity index (χ4v) is 2.17. The van der Waals surface area contributed by atoms with Crippen molar-refractivity contribution in [1.82, 2.24) is 9.62 Å². The highest BCUT2D eigenvalue weighted by molar-refractivity contribution is 7.97. The minimum absolute atomic E-state index is 0.474. The van der Waals surface area contributed by atoms with Gasteiger partial charge in [0.25, 0.3) is 0 Å². The monoisotopic (exact) mass is 180 g/mol. The molecule has 0 radical (unpaired) electrons. The summed E-state index contributed by atoms with van der Waals surface area (Å²) >= 11 is 1.80. The van der Waals surface area contributed by atoms with Gasteiger partial charge in [-0.05, 0) is 18.6 Å². The minimum Gasteiger partial charge on any atom is -0.338 e. The maximum absolute atomic E-state index is 3.37. The van der Waals surface area contributed by atoms with E-state index in [2.05, 4.69) is 34.2 Å². The Kier molecular flexibility index (Phi) is 2.54. The van der Waals surface area contributed by atoms with Gasteiger partial charge in [-0.2, -0.15) is 0 Å². The van der Waals surface area contributed by atoms with Crippen molar-refractivity contribution in [2.24, 2.45) is 0 Å². The molecule has 2 heterocycles. The van der Waals surface area contributed by atoms with Gasteiger partial charge >= 0.3 is 0 Å². The van der Waals surface area contributed by atoms with Crippen molar-refractivity contribution in [1.29, 1.82) is 0 Å². The molecule has 1 saturated heterocycles. The lowest BCUT2D eigenvalue weighted by Gasteiger charge is -2.22. The Labute approximate surface area is 77.1 Å². The van der Waals surface area contributed by atoms with Crippen LogP contribution in [0.1, 0.15) is 6.42 Å². The summed E-state index contributed by atoms with van der Waals surface area (Å²) in [6, 6.07) is 0. The van der Waals surface area contributed by atoms with Crippen molar-refractivity contribution >= 4 is 11.9 Å². The lowest BCUT2D eigenvalue weighted by atomic mass is 10.3. The van der Waals surface area contributed by atoms with E-state index in [9.17, 15) is 0 Å². The fourth-order valence-electron chi connectivity index (χ4n) is 1.28. The van der Waals surface area contributed by atoms with Crippen LogP contribution in [0, 0.1) is 0 Å². The third-order valence-corrected chi connectivity index (χ3v) is 2.80. The smallest absolute Gasteiger partial charge is 0.0931 e. The standard InChI is InChI=1S/C9H12N2S/c1-2-4-7-11(6-3-1)9-5-8-12-10-9/h1-4,6-7,9-10H,5,8H2. The van der Waals surface area contributed by atoms with Gasteiger partial charge in [0.05, 0.1) is 6.17 Å². The van der Waals surface area contributed by atoms with E-state index in [1.165, 1.54) is 12.2 Å². The van der Waals surface area contributed by atoms with Gasteiger partial charge in [0, 0.05) is 18.2 Å². The second kappa shape index (κ2) is 3.83. The highest BCUT2D eigenvalue weighted by atomic mass is 32.2. The molecule has 0 spiro atoms. The normalized spacial score (nSPS) is 28.0. The molecule has 1 unspecified atom stereocenters. The summed E-state index contributed by atoms with van der Waals surface area (Å²) in [4.78, 5) is 2.21. The molecule has 1 N–H and O–H groups in total. The Balaban J connectivity index is 2.02. The van der Waals surface area contributed by atoms with E-state index in [1.807, 2.05) is 12.2 Å². The van der Waals surface area contributed by atoms with Crippen molar-refractivity contribution in [3.05, 3.63) is 36.7 Å². The van der Waals surface area contributed by atoms with Gasteiger partial charge in [-0.1, -0.05) is 24.1 Å². The molecule has 0 saturated carbocycles. The Morgan fingerprint density at radius 3 is 2.50 bits per heavy atom. The van der Waals surface area contributed by atoms with Crippen LogP contribution in [0.2, 0.25) is 0 Å². The molecule has 0 aromatic heterocycles. The van der Waals surface area contributed by atoms with Crippen LogP contribution in [0.4, 0.5) is 0 Å². The summed E-state index contributed by atoms with van der Waals surface area (Å²) in [6.45, 7) is 0. The molecule has 0 aromatic rings. The zero-order valence-electron chi connectivity index (χ0n) is 6.81. The van der Waals surface area contributed by atoms with Gasteiger partial charge in [0.1, 0.15) is 0 Å². The van der Waals surface area contributed by atoms with Gasteiger partial charge in [-0.25, -0.2) is 4.72 Å². The number of nitrogens with one attached hydrogen (secondary N) is 1. The van der Waals surface area contributed by atoms with Gasteiger partial charge in [0.15, 0.2) is 0 Å². The average molecular weight is 180 g/mol. The molecular weight excluding hydrogens is 168 g/mol. The van der Waals surface area contributed by atoms with E-state index in [4.69, 9.17) is 0 Å². The zero-order chi connectivity index (χ0) is 8.23. The number of nitrogens with zero attached hydrogens (tertiary/aromatic N) is 1. The van der Waals surface area contributed by atoms with E-state index < -0.39 is 0 Å². The van der Waals surface area contributed by atoms with Crippen molar-refractivity contribution in [3.8, 4) is 0 Å². The lowest BCUT2D eigenvalue weighted by Crippen LogP contribution is -2.32. The van der Waals surface area contributed by atoms with Gasteiger partial charge < -0.3 is 4.90 Å². The van der Waals surface area contributed by atoms with Crippen molar-refractivity contribution in [2.45, 2.75) is 12.6 Å². The molecule has 0 bridgehead atoms. The molecule has 2 rings (SSSR count). The Hall–Kier alpha value is -0.670. The van der Waals surface area contributed by atoms with Crippen molar-refractivity contribution in [3.63, 3.8) is 0 Å². The first-order valence-corrected chi connectivity index (χ1v) is 5.12. The third kappa shape index (κ3) is 1.73. The van der Waals surface area contributed by atoms with E-state index in [-0.39, 0.29) is 0 Å². The summed E-state index contributed by atoms with van der Waals surface area (Å²) in [5.74, 6) is 1.20. The zero-order valence-corrected chi connectivity index (χ0v) is 7.63. The first-order chi connectivity index (χ1) is 5.97. The Morgan fingerprint density at radius 2 is 1.92 bits per heavy atom. The maximum atomic E-state index is 3.37. The molecule has 1 atom stereocenters. The average Bonchev–Trinajstić information content (AvgIpc) is 2.48. The molecule has 64 valence electrons. The van der Waals surface area contributed by atoms with E-state index in [1.54, 1.807) is 11.9 Å². The predicted molar refractivity (Wildman–Crippen MR) is 53.3 cm³/mol. The number of allylic oxidation sites excluding steroid dienone is 4. The summed E-state index contributed by atoms with van der Waals surface area (Å²) in [7, 11) is 0. The molecule has 0 aliphatic carbocycles. The second-order valence-electron chi connectivity index (χ2n) is 2.79. The minimum atomic E-state index is 0.474. The Morgan fingerprint density at radius 1 is 1.17 bits per heavy atom. The number of rotatable bonds is 1. The fraction of sp³-hybridized carbons (Fsp3) is 0.333. The molecule has 2 aliphatic heterocycles. The predicted octanol–water partition coefficient (Wildman–Crippen LogP) is 1.85. The lowest BCUT2D eigenvalue weighted by molar-refractivity contribution is 0.357. The summed E-state index contributed by atoms with van der Waals surface area (Å²) in [5.41, 5.74) is 0. The molecule has 12 heavy (non-hydrogen) atoms. The van der Waals surface area contributed by atoms with Crippen LogP contribution in [0.15, 0.2) is 36.7 Å². The molecule has 2 aliphatic rings. The van der Waals surface area contributed by atoms with Crippen LogP contribution >= 0.6 is 11.9 Å². The summed E-state index contributed by atoms with van der Waals surface area (Å²) < 4.78 is 3.37. The second-order valence-corrected chi connectivity index (χ2v) is 3.72. The largest absolute Gasteiger partial charge is 0.338 e. The van der Waals surface area contributed by atoms with Gasteiger partial charge in [-0.3, -0.25) is 0 Å². The topological polar surface area (TPSA) is 15.3 Å². The molecule has 0 amide bonds. The quantitative estimate of drug-likeness (QED) is 0.620. The molecule has 1 fully saturated rings. The number of hydrogen-bond donors (Lipinski definition) is 1. The highest BCUT2D eigenvalue weighted by Crippen LogP contribution is 2.17. The van der Waals surface area contributed by atoms with Crippen LogP contribution < -0.4 is 4.72 Å². The summed E-state index contributed by atoms with van der Waals surface area (Å²) in [6.07, 6.45) is 14.1. The van der Waals surface area contributed by atoms with Gasteiger partial charge in [-0.15, -0.1) is 0 Å². The molecule has 0 aromatic carbocycles. The maximum Gasteiger partial charge on any atom is 0.0931 e. The van der Waals surface area contributed by atoms with E-state index >= 15 is 0 Å².